The highest BCUT2D eigenvalue weighted by molar-refractivity contribution is 5.86. The fraction of sp³-hybridized carbons (Fsp3) is 0.318. The molecule has 2 aromatic carbocycles. The number of fused-ring (bicyclic) bond motifs is 2. The van der Waals surface area contributed by atoms with E-state index in [4.69, 9.17) is 0 Å². The molecule has 0 bridgehead atoms. The van der Waals surface area contributed by atoms with E-state index in [-0.39, 0.29) is 23.5 Å². The van der Waals surface area contributed by atoms with Crippen molar-refractivity contribution < 1.29 is 31.4 Å². The van der Waals surface area contributed by atoms with Crippen molar-refractivity contribution in [3.05, 3.63) is 76.5 Å². The van der Waals surface area contributed by atoms with Gasteiger partial charge in [0.1, 0.15) is 5.69 Å². The summed E-state index contributed by atoms with van der Waals surface area (Å²) in [5, 5.41) is 13.6. The van der Waals surface area contributed by atoms with Gasteiger partial charge >= 0.3 is 12.4 Å². The van der Waals surface area contributed by atoms with Crippen LogP contribution in [0.5, 0.6) is 0 Å². The third kappa shape index (κ3) is 4.38. The number of para-hydroxylation sites is 1. The SMILES string of the molecule is OC(CNC1Cc2ccccc2C1)c1cc(C(F)(F)F)nc2c(C(F)(F)F)cccc12. The lowest BCUT2D eigenvalue weighted by Gasteiger charge is -2.20. The molecule has 3 nitrogen and oxygen atoms in total. The summed E-state index contributed by atoms with van der Waals surface area (Å²) < 4.78 is 80.1. The van der Waals surface area contributed by atoms with Gasteiger partial charge in [0.2, 0.25) is 0 Å². The van der Waals surface area contributed by atoms with Gasteiger partial charge in [-0.3, -0.25) is 0 Å². The monoisotopic (exact) mass is 440 g/mol. The molecule has 9 heteroatoms. The summed E-state index contributed by atoms with van der Waals surface area (Å²) in [5.74, 6) is 0. The Morgan fingerprint density at radius 2 is 1.58 bits per heavy atom. The molecule has 0 saturated carbocycles. The highest BCUT2D eigenvalue weighted by Gasteiger charge is 2.38. The average Bonchev–Trinajstić information content (AvgIpc) is 3.12. The molecular weight excluding hydrogens is 422 g/mol. The van der Waals surface area contributed by atoms with Gasteiger partial charge in [-0.2, -0.15) is 26.3 Å². The van der Waals surface area contributed by atoms with Crippen LogP contribution in [0.15, 0.2) is 48.5 Å². The molecule has 2 N–H and O–H groups in total. The number of halogens is 6. The third-order valence-corrected chi connectivity index (χ3v) is 5.48. The number of alkyl halides is 6. The molecule has 164 valence electrons. The van der Waals surface area contributed by atoms with E-state index in [2.05, 4.69) is 10.3 Å². The summed E-state index contributed by atoms with van der Waals surface area (Å²) in [7, 11) is 0. The molecule has 0 fully saturated rings. The number of nitrogens with zero attached hydrogens (tertiary/aromatic N) is 1. The zero-order chi connectivity index (χ0) is 22.4. The Bertz CT molecular complexity index is 1080. The van der Waals surface area contributed by atoms with Crippen LogP contribution >= 0.6 is 0 Å². The fourth-order valence-electron chi connectivity index (χ4n) is 4.02. The Balaban J connectivity index is 1.66. The molecule has 31 heavy (non-hydrogen) atoms. The van der Waals surface area contributed by atoms with E-state index in [9.17, 15) is 31.4 Å². The van der Waals surface area contributed by atoms with Gasteiger partial charge < -0.3 is 10.4 Å². The zero-order valence-corrected chi connectivity index (χ0v) is 16.1. The van der Waals surface area contributed by atoms with Crippen molar-refractivity contribution in [2.24, 2.45) is 0 Å². The summed E-state index contributed by atoms with van der Waals surface area (Å²) in [6.45, 7) is -0.106. The Morgan fingerprint density at radius 3 is 2.16 bits per heavy atom. The van der Waals surface area contributed by atoms with Gasteiger partial charge in [0.15, 0.2) is 0 Å². The van der Waals surface area contributed by atoms with Crippen molar-refractivity contribution in [1.82, 2.24) is 10.3 Å². The number of aromatic nitrogens is 1. The lowest BCUT2D eigenvalue weighted by atomic mass is 9.99. The summed E-state index contributed by atoms with van der Waals surface area (Å²) >= 11 is 0. The molecule has 1 aromatic heterocycles. The maximum Gasteiger partial charge on any atom is 0.433 e. The van der Waals surface area contributed by atoms with Gasteiger partial charge in [-0.1, -0.05) is 36.4 Å². The van der Waals surface area contributed by atoms with Crippen LogP contribution in [0, 0.1) is 0 Å². The van der Waals surface area contributed by atoms with Crippen LogP contribution in [0.4, 0.5) is 26.3 Å². The van der Waals surface area contributed by atoms with E-state index in [1.54, 1.807) is 0 Å². The molecule has 0 saturated heterocycles. The first-order valence-corrected chi connectivity index (χ1v) is 9.60. The second-order valence-corrected chi connectivity index (χ2v) is 7.59. The third-order valence-electron chi connectivity index (χ3n) is 5.48. The van der Waals surface area contributed by atoms with Gasteiger partial charge in [0.05, 0.1) is 17.2 Å². The van der Waals surface area contributed by atoms with Crippen LogP contribution in [0.1, 0.15) is 34.1 Å². The second-order valence-electron chi connectivity index (χ2n) is 7.59. The van der Waals surface area contributed by atoms with Crippen molar-refractivity contribution in [3.8, 4) is 0 Å². The molecule has 1 heterocycles. The number of aliphatic hydroxyl groups is 1. The maximum atomic E-state index is 13.4. The summed E-state index contributed by atoms with van der Waals surface area (Å²) in [6.07, 6.45) is -9.88. The summed E-state index contributed by atoms with van der Waals surface area (Å²) in [5.41, 5.74) is -1.52. The lowest BCUT2D eigenvalue weighted by molar-refractivity contribution is -0.142. The smallest absolute Gasteiger partial charge is 0.387 e. The number of pyridine rings is 1. The van der Waals surface area contributed by atoms with Crippen LogP contribution in [-0.4, -0.2) is 22.7 Å². The van der Waals surface area contributed by atoms with E-state index in [1.165, 1.54) is 6.07 Å². The quantitative estimate of drug-likeness (QED) is 0.558. The Kier molecular flexibility index (Phi) is 5.43. The normalized spacial score (nSPS) is 16.0. The molecule has 0 spiro atoms. The van der Waals surface area contributed by atoms with Gasteiger partial charge in [-0.15, -0.1) is 0 Å². The highest BCUT2D eigenvalue weighted by Crippen LogP contribution is 2.39. The number of hydrogen-bond acceptors (Lipinski definition) is 3. The summed E-state index contributed by atoms with van der Waals surface area (Å²) in [6, 6.07) is 11.4. The minimum atomic E-state index is -4.96. The standard InChI is InChI=1S/C22H18F6N2O/c23-21(24,25)17-7-3-6-15-16(10-19(22(26,27)28)30-20(15)17)18(31)11-29-14-8-12-4-1-2-5-13(12)9-14/h1-7,10,14,18,29,31H,8-9,11H2. The van der Waals surface area contributed by atoms with Crippen molar-refractivity contribution in [1.29, 1.82) is 0 Å². The minimum absolute atomic E-state index is 0.0204. The van der Waals surface area contributed by atoms with E-state index < -0.39 is 35.2 Å². The van der Waals surface area contributed by atoms with Gasteiger partial charge in [-0.25, -0.2) is 4.98 Å². The van der Waals surface area contributed by atoms with Crippen molar-refractivity contribution in [3.63, 3.8) is 0 Å². The Labute approximate surface area is 173 Å². The maximum absolute atomic E-state index is 13.4. The number of benzene rings is 2. The molecule has 1 atom stereocenters. The minimum Gasteiger partial charge on any atom is -0.387 e. The number of aliphatic hydroxyl groups excluding tert-OH is 1. The Hall–Kier alpha value is -2.65. The van der Waals surface area contributed by atoms with Crippen molar-refractivity contribution in [2.45, 2.75) is 37.3 Å². The zero-order valence-electron chi connectivity index (χ0n) is 16.1. The molecule has 1 aliphatic carbocycles. The largest absolute Gasteiger partial charge is 0.433 e. The molecular formula is C22H18F6N2O. The first kappa shape index (κ1) is 21.6. The van der Waals surface area contributed by atoms with E-state index in [0.717, 1.165) is 17.2 Å². The molecule has 3 aromatic rings. The summed E-state index contributed by atoms with van der Waals surface area (Å²) in [4.78, 5) is 3.24. The molecule has 0 aliphatic heterocycles. The van der Waals surface area contributed by atoms with Crippen LogP contribution < -0.4 is 5.32 Å². The number of hydrogen-bond donors (Lipinski definition) is 2. The predicted octanol–water partition coefficient (Wildman–Crippen LogP) is 5.06. The van der Waals surface area contributed by atoms with Gasteiger partial charge in [0.25, 0.3) is 0 Å². The van der Waals surface area contributed by atoms with Gasteiger partial charge in [-0.05, 0) is 41.7 Å². The molecule has 1 unspecified atom stereocenters. The van der Waals surface area contributed by atoms with Crippen LogP contribution in [0.25, 0.3) is 10.9 Å². The number of rotatable bonds is 4. The second kappa shape index (κ2) is 7.80. The van der Waals surface area contributed by atoms with E-state index in [0.29, 0.717) is 25.0 Å². The highest BCUT2D eigenvalue weighted by atomic mass is 19.4. The van der Waals surface area contributed by atoms with Crippen LogP contribution in [0.3, 0.4) is 0 Å². The Morgan fingerprint density at radius 1 is 0.935 bits per heavy atom. The molecule has 0 radical (unpaired) electrons. The fourth-order valence-corrected chi connectivity index (χ4v) is 4.02. The average molecular weight is 440 g/mol. The van der Waals surface area contributed by atoms with Crippen molar-refractivity contribution in [2.75, 3.05) is 6.54 Å². The lowest BCUT2D eigenvalue weighted by Crippen LogP contribution is -2.33. The topological polar surface area (TPSA) is 45.1 Å². The first-order valence-electron chi connectivity index (χ1n) is 9.60. The van der Waals surface area contributed by atoms with E-state index >= 15 is 0 Å². The number of nitrogens with one attached hydrogen (secondary N) is 1. The first-order chi connectivity index (χ1) is 14.5. The molecule has 0 amide bonds. The van der Waals surface area contributed by atoms with Crippen LogP contribution in [0.2, 0.25) is 0 Å². The van der Waals surface area contributed by atoms with Gasteiger partial charge in [0, 0.05) is 18.0 Å². The molecule has 4 rings (SSSR count). The molecule has 1 aliphatic rings. The predicted molar refractivity (Wildman–Crippen MR) is 102 cm³/mol. The van der Waals surface area contributed by atoms with E-state index in [1.807, 2.05) is 24.3 Å². The van der Waals surface area contributed by atoms with Crippen LogP contribution in [-0.2, 0) is 25.2 Å². The van der Waals surface area contributed by atoms with Crippen molar-refractivity contribution >= 4 is 10.9 Å².